The van der Waals surface area contributed by atoms with Crippen LogP contribution in [0.4, 0.5) is 10.1 Å². The van der Waals surface area contributed by atoms with E-state index in [1.807, 2.05) is 0 Å². The van der Waals surface area contributed by atoms with E-state index >= 15 is 0 Å². The Morgan fingerprint density at radius 2 is 1.86 bits per heavy atom. The second-order valence-corrected chi connectivity index (χ2v) is 11.3. The van der Waals surface area contributed by atoms with E-state index in [2.05, 4.69) is 10.6 Å². The summed E-state index contributed by atoms with van der Waals surface area (Å²) in [6.07, 6.45) is 0.232. The second-order valence-electron chi connectivity index (χ2n) is 10.9. The maximum Gasteiger partial charge on any atom is 0.271 e. The van der Waals surface area contributed by atoms with Gasteiger partial charge in [0.1, 0.15) is 17.6 Å². The van der Waals surface area contributed by atoms with Crippen LogP contribution in [0.15, 0.2) is 54.6 Å². The van der Waals surface area contributed by atoms with Gasteiger partial charge in [-0.2, -0.15) is 0 Å². The molecule has 1 atom stereocenters. The average molecular weight is 597 g/mol. The molecule has 1 heterocycles. The second kappa shape index (κ2) is 12.2. The van der Waals surface area contributed by atoms with Crippen LogP contribution in [0, 0.1) is 15.9 Å². The molecule has 1 aliphatic heterocycles. The summed E-state index contributed by atoms with van der Waals surface area (Å²) in [6.45, 7) is 5.30. The van der Waals surface area contributed by atoms with Crippen LogP contribution in [0.2, 0.25) is 5.02 Å². The summed E-state index contributed by atoms with van der Waals surface area (Å²) in [5.41, 5.74) is -0.384. The van der Waals surface area contributed by atoms with Gasteiger partial charge in [0, 0.05) is 41.3 Å². The van der Waals surface area contributed by atoms with Crippen molar-refractivity contribution in [2.75, 3.05) is 13.7 Å². The molecule has 0 fully saturated rings. The molecule has 2 N–H and O–H groups in total. The summed E-state index contributed by atoms with van der Waals surface area (Å²) >= 11 is 6.50. The third-order valence-corrected chi connectivity index (χ3v) is 7.01. The summed E-state index contributed by atoms with van der Waals surface area (Å²) in [4.78, 5) is 53.4. The predicted molar refractivity (Wildman–Crippen MR) is 154 cm³/mol. The average Bonchev–Trinajstić information content (AvgIpc) is 2.93. The van der Waals surface area contributed by atoms with Crippen molar-refractivity contribution in [2.24, 2.45) is 0 Å². The minimum Gasteiger partial charge on any atom is -0.497 e. The van der Waals surface area contributed by atoms with Crippen LogP contribution >= 0.6 is 11.6 Å². The Bertz CT molecular complexity index is 1550. The van der Waals surface area contributed by atoms with Gasteiger partial charge in [0.25, 0.3) is 17.5 Å². The summed E-state index contributed by atoms with van der Waals surface area (Å²) in [5.74, 6) is -2.08. The Morgan fingerprint density at radius 3 is 2.48 bits per heavy atom. The number of non-ortho nitro benzene ring substituents is 1. The van der Waals surface area contributed by atoms with Gasteiger partial charge in [0.15, 0.2) is 0 Å². The molecule has 10 nitrogen and oxygen atoms in total. The number of hydrogen-bond donors (Lipinski definition) is 2. The lowest BCUT2D eigenvalue weighted by Crippen LogP contribution is -2.49. The first-order chi connectivity index (χ1) is 19.8. The van der Waals surface area contributed by atoms with Gasteiger partial charge < -0.3 is 20.3 Å². The summed E-state index contributed by atoms with van der Waals surface area (Å²) in [7, 11) is 1.51. The van der Waals surface area contributed by atoms with E-state index in [0.717, 1.165) is 24.3 Å². The smallest absolute Gasteiger partial charge is 0.271 e. The highest BCUT2D eigenvalue weighted by molar-refractivity contribution is 6.31. The maximum absolute atomic E-state index is 14.6. The van der Waals surface area contributed by atoms with Crippen molar-refractivity contribution in [3.05, 3.63) is 103 Å². The molecule has 3 aromatic carbocycles. The number of benzene rings is 3. The zero-order valence-electron chi connectivity index (χ0n) is 23.5. The lowest BCUT2D eigenvalue weighted by atomic mass is 9.92. The number of nitro benzene ring substituents is 1. The van der Waals surface area contributed by atoms with E-state index in [4.69, 9.17) is 16.3 Å². The Hall–Kier alpha value is -4.51. The van der Waals surface area contributed by atoms with Crippen LogP contribution in [0.1, 0.15) is 64.2 Å². The number of carbonyl (C=O) groups excluding carboxylic acids is 3. The van der Waals surface area contributed by atoms with E-state index in [0.29, 0.717) is 16.9 Å². The number of nitro groups is 1. The van der Waals surface area contributed by atoms with Gasteiger partial charge in [-0.1, -0.05) is 23.7 Å². The van der Waals surface area contributed by atoms with Gasteiger partial charge >= 0.3 is 0 Å². The molecule has 1 unspecified atom stereocenters. The number of ether oxygens (including phenoxy) is 1. The lowest BCUT2D eigenvalue weighted by molar-refractivity contribution is -0.384. The third-order valence-electron chi connectivity index (χ3n) is 6.66. The number of carbonyl (C=O) groups is 3. The molecule has 3 amide bonds. The van der Waals surface area contributed by atoms with Crippen molar-refractivity contribution >= 4 is 35.0 Å². The zero-order chi connectivity index (χ0) is 30.8. The van der Waals surface area contributed by atoms with Gasteiger partial charge in [-0.25, -0.2) is 4.39 Å². The van der Waals surface area contributed by atoms with Gasteiger partial charge in [-0.05, 0) is 68.7 Å². The fourth-order valence-corrected chi connectivity index (χ4v) is 5.02. The quantitative estimate of drug-likeness (QED) is 0.279. The van der Waals surface area contributed by atoms with Crippen LogP contribution < -0.4 is 15.4 Å². The molecule has 0 saturated heterocycles. The van der Waals surface area contributed by atoms with E-state index in [1.54, 1.807) is 45.0 Å². The van der Waals surface area contributed by atoms with E-state index in [-0.39, 0.29) is 41.2 Å². The molecular weight excluding hydrogens is 567 g/mol. The highest BCUT2D eigenvalue weighted by Gasteiger charge is 2.38. The monoisotopic (exact) mass is 596 g/mol. The minimum atomic E-state index is -1.45. The van der Waals surface area contributed by atoms with Crippen molar-refractivity contribution < 1.29 is 28.4 Å². The Balaban J connectivity index is 1.96. The zero-order valence-corrected chi connectivity index (χ0v) is 24.3. The minimum absolute atomic E-state index is 0.00248. The molecular formula is C30H30ClFN4O6. The maximum atomic E-state index is 14.6. The van der Waals surface area contributed by atoms with Crippen LogP contribution in [0.5, 0.6) is 5.75 Å². The number of amides is 3. The number of fused-ring (bicyclic) bond motifs is 1. The SMILES string of the molecule is COc1ccc(CN(C(=O)c2cc([N+](=O)[O-])cc3c2CCNC3=O)C(C(=O)NC(C)(C)C)c2cc(F)ccc2Cl)cc1. The third kappa shape index (κ3) is 6.68. The molecule has 12 heteroatoms. The number of halogens is 2. The summed E-state index contributed by atoms with van der Waals surface area (Å²) in [6, 6.07) is 11.0. The number of nitrogens with zero attached hydrogens (tertiary/aromatic N) is 2. The molecule has 0 spiro atoms. The number of methoxy groups -OCH3 is 1. The molecule has 4 rings (SSSR count). The molecule has 0 aromatic heterocycles. The summed E-state index contributed by atoms with van der Waals surface area (Å²) in [5, 5.41) is 17.3. The first-order valence-electron chi connectivity index (χ1n) is 13.1. The van der Waals surface area contributed by atoms with E-state index in [9.17, 15) is 28.9 Å². The van der Waals surface area contributed by atoms with Crippen molar-refractivity contribution in [1.29, 1.82) is 0 Å². The number of hydrogen-bond acceptors (Lipinski definition) is 6. The number of rotatable bonds is 8. The first-order valence-corrected chi connectivity index (χ1v) is 13.5. The Morgan fingerprint density at radius 1 is 1.17 bits per heavy atom. The molecule has 220 valence electrons. The Labute approximate surface area is 246 Å². The standard InChI is InChI=1S/C30H30ClFN4O6/c1-30(2,3)34-28(38)26(24-13-18(32)7-10-25(24)31)35(16-17-5-8-20(42-4)9-6-17)29(39)23-15-19(36(40)41)14-22-21(23)11-12-33-27(22)37/h5-10,13-15,26H,11-12,16H2,1-4H3,(H,33,37)(H,34,38). The molecule has 0 bridgehead atoms. The van der Waals surface area contributed by atoms with Crippen LogP contribution in [-0.2, 0) is 17.8 Å². The van der Waals surface area contributed by atoms with Crippen LogP contribution in [-0.4, -0.2) is 46.7 Å². The molecule has 3 aromatic rings. The van der Waals surface area contributed by atoms with Gasteiger partial charge in [-0.3, -0.25) is 24.5 Å². The molecule has 1 aliphatic rings. The highest BCUT2D eigenvalue weighted by atomic mass is 35.5. The Kier molecular flexibility index (Phi) is 8.81. The lowest BCUT2D eigenvalue weighted by Gasteiger charge is -2.35. The summed E-state index contributed by atoms with van der Waals surface area (Å²) < 4.78 is 19.8. The largest absolute Gasteiger partial charge is 0.497 e. The van der Waals surface area contributed by atoms with Crippen molar-refractivity contribution in [3.63, 3.8) is 0 Å². The topological polar surface area (TPSA) is 131 Å². The molecule has 0 saturated carbocycles. The van der Waals surface area contributed by atoms with Crippen LogP contribution in [0.25, 0.3) is 0 Å². The molecule has 0 radical (unpaired) electrons. The van der Waals surface area contributed by atoms with Gasteiger partial charge in [0.2, 0.25) is 5.91 Å². The van der Waals surface area contributed by atoms with E-state index in [1.165, 1.54) is 18.1 Å². The molecule has 42 heavy (non-hydrogen) atoms. The molecule has 0 aliphatic carbocycles. The first kappa shape index (κ1) is 30.4. The fraction of sp³-hybridized carbons (Fsp3) is 0.300. The van der Waals surface area contributed by atoms with E-state index < -0.39 is 45.7 Å². The van der Waals surface area contributed by atoms with Crippen molar-refractivity contribution in [3.8, 4) is 5.75 Å². The van der Waals surface area contributed by atoms with Crippen molar-refractivity contribution in [1.82, 2.24) is 15.5 Å². The van der Waals surface area contributed by atoms with Crippen LogP contribution in [0.3, 0.4) is 0 Å². The highest BCUT2D eigenvalue weighted by Crippen LogP contribution is 2.34. The van der Waals surface area contributed by atoms with Gasteiger partial charge in [0.05, 0.1) is 23.2 Å². The predicted octanol–water partition coefficient (Wildman–Crippen LogP) is 4.98. The number of nitrogens with one attached hydrogen (secondary N) is 2. The fourth-order valence-electron chi connectivity index (χ4n) is 4.80. The van der Waals surface area contributed by atoms with Crippen molar-refractivity contribution in [2.45, 2.75) is 45.3 Å². The van der Waals surface area contributed by atoms with Gasteiger partial charge in [-0.15, -0.1) is 0 Å². The normalized spacial score (nSPS) is 13.4.